The van der Waals surface area contributed by atoms with Crippen LogP contribution in [0.2, 0.25) is 0 Å². The van der Waals surface area contributed by atoms with E-state index in [0.717, 1.165) is 68.0 Å². The maximum atomic E-state index is 12.5. The highest BCUT2D eigenvalue weighted by Crippen LogP contribution is 2.30. The van der Waals surface area contributed by atoms with Crippen molar-refractivity contribution in [2.45, 2.75) is 77.7 Å². The van der Waals surface area contributed by atoms with E-state index in [9.17, 15) is 4.79 Å². The van der Waals surface area contributed by atoms with Crippen LogP contribution >= 0.6 is 0 Å². The van der Waals surface area contributed by atoms with Crippen molar-refractivity contribution in [3.63, 3.8) is 0 Å². The van der Waals surface area contributed by atoms with Crippen LogP contribution in [0.4, 0.5) is 22.2 Å². The van der Waals surface area contributed by atoms with Crippen LogP contribution in [0.5, 0.6) is 0 Å². The Labute approximate surface area is 204 Å². The van der Waals surface area contributed by atoms with Gasteiger partial charge in [0.25, 0.3) is 0 Å². The lowest BCUT2D eigenvalue weighted by molar-refractivity contribution is 0.246. The number of amides is 2. The standard InChI is InChI=1S/C27H40N6O/c1-5-20-10-8-9-18(2)24(20)31-27(34)28-17-19-13-15-21(16-14-19)29-26-30-23-12-7-6-11-22(23)25(32-26)33(3)4/h8-10,19,21H,5-7,11-17H2,1-4H3,(H2,28,31,34)(H,29,30,32). The van der Waals surface area contributed by atoms with Crippen LogP contribution in [0.25, 0.3) is 0 Å². The highest BCUT2D eigenvalue weighted by molar-refractivity contribution is 5.91. The summed E-state index contributed by atoms with van der Waals surface area (Å²) in [4.78, 5) is 24.4. The first-order chi connectivity index (χ1) is 16.4. The molecule has 3 N–H and O–H groups in total. The average molecular weight is 465 g/mol. The van der Waals surface area contributed by atoms with Crippen molar-refractivity contribution in [1.82, 2.24) is 15.3 Å². The molecule has 0 bridgehead atoms. The molecule has 2 aromatic rings. The van der Waals surface area contributed by atoms with Gasteiger partial charge in [-0.1, -0.05) is 25.1 Å². The molecule has 1 aromatic heterocycles. The van der Waals surface area contributed by atoms with E-state index in [1.165, 1.54) is 29.7 Å². The number of carbonyl (C=O) groups excluding carboxylic acids is 1. The summed E-state index contributed by atoms with van der Waals surface area (Å²) in [7, 11) is 4.13. The van der Waals surface area contributed by atoms with Gasteiger partial charge in [-0.2, -0.15) is 4.98 Å². The molecule has 1 saturated carbocycles. The SMILES string of the molecule is CCc1cccc(C)c1NC(=O)NCC1CCC(Nc2nc3c(c(N(C)C)n2)CCCC3)CC1. The van der Waals surface area contributed by atoms with Crippen molar-refractivity contribution in [1.29, 1.82) is 0 Å². The van der Waals surface area contributed by atoms with Gasteiger partial charge in [0.05, 0.1) is 5.69 Å². The molecule has 7 nitrogen and oxygen atoms in total. The molecule has 2 aliphatic rings. The zero-order valence-corrected chi connectivity index (χ0v) is 21.2. The summed E-state index contributed by atoms with van der Waals surface area (Å²) in [6, 6.07) is 6.44. The van der Waals surface area contributed by atoms with Crippen LogP contribution in [-0.4, -0.2) is 42.7 Å². The van der Waals surface area contributed by atoms with Crippen molar-refractivity contribution in [3.05, 3.63) is 40.6 Å². The number of aryl methyl sites for hydroxylation is 3. The molecule has 2 amide bonds. The van der Waals surface area contributed by atoms with Crippen LogP contribution in [0.1, 0.15) is 67.8 Å². The Kier molecular flexibility index (Phi) is 7.91. The van der Waals surface area contributed by atoms with Gasteiger partial charge in [-0.05, 0) is 81.8 Å². The average Bonchev–Trinajstić information content (AvgIpc) is 2.84. The van der Waals surface area contributed by atoms with Gasteiger partial charge in [0.1, 0.15) is 5.82 Å². The third-order valence-electron chi connectivity index (χ3n) is 7.29. The minimum Gasteiger partial charge on any atom is -0.362 e. The summed E-state index contributed by atoms with van der Waals surface area (Å²) in [5.74, 6) is 2.35. The maximum absolute atomic E-state index is 12.5. The highest BCUT2D eigenvalue weighted by Gasteiger charge is 2.24. The number of hydrogen-bond donors (Lipinski definition) is 3. The molecule has 184 valence electrons. The number of carbonyl (C=O) groups is 1. The van der Waals surface area contributed by atoms with Gasteiger partial charge in [-0.3, -0.25) is 0 Å². The number of rotatable bonds is 7. The highest BCUT2D eigenvalue weighted by atomic mass is 16.2. The van der Waals surface area contributed by atoms with Gasteiger partial charge < -0.3 is 20.9 Å². The minimum absolute atomic E-state index is 0.108. The zero-order chi connectivity index (χ0) is 24.1. The second-order valence-electron chi connectivity index (χ2n) is 10.1. The largest absolute Gasteiger partial charge is 0.362 e. The number of anilines is 3. The van der Waals surface area contributed by atoms with E-state index < -0.39 is 0 Å². The van der Waals surface area contributed by atoms with Crippen molar-refractivity contribution in [3.8, 4) is 0 Å². The second kappa shape index (κ2) is 11.1. The third kappa shape index (κ3) is 5.80. The fraction of sp³-hybridized carbons (Fsp3) is 0.593. The van der Waals surface area contributed by atoms with Gasteiger partial charge in [-0.15, -0.1) is 0 Å². The zero-order valence-electron chi connectivity index (χ0n) is 21.2. The Morgan fingerprint density at radius 1 is 1.09 bits per heavy atom. The monoisotopic (exact) mass is 464 g/mol. The molecule has 7 heteroatoms. The number of benzene rings is 1. The van der Waals surface area contributed by atoms with Crippen LogP contribution < -0.4 is 20.9 Å². The first-order valence-corrected chi connectivity index (χ1v) is 12.9. The fourth-order valence-corrected chi connectivity index (χ4v) is 5.30. The summed E-state index contributed by atoms with van der Waals surface area (Å²) < 4.78 is 0. The molecule has 2 aliphatic carbocycles. The van der Waals surface area contributed by atoms with Crippen LogP contribution in [-0.2, 0) is 19.3 Å². The summed E-state index contributed by atoms with van der Waals surface area (Å²) in [5.41, 5.74) is 5.76. The number of nitrogens with one attached hydrogen (secondary N) is 3. The molecule has 0 radical (unpaired) electrons. The van der Waals surface area contributed by atoms with Crippen LogP contribution in [0.15, 0.2) is 18.2 Å². The van der Waals surface area contributed by atoms with E-state index in [4.69, 9.17) is 9.97 Å². The van der Waals surface area contributed by atoms with Gasteiger partial charge in [0, 0.05) is 37.9 Å². The Balaban J connectivity index is 1.27. The molecule has 4 rings (SSSR count). The topological polar surface area (TPSA) is 82.2 Å². The second-order valence-corrected chi connectivity index (χ2v) is 10.1. The molecule has 0 saturated heterocycles. The van der Waals surface area contributed by atoms with Crippen molar-refractivity contribution < 1.29 is 4.79 Å². The number of aromatic nitrogens is 2. The summed E-state index contributed by atoms with van der Waals surface area (Å²) in [6.45, 7) is 4.86. The lowest BCUT2D eigenvalue weighted by atomic mass is 9.86. The number of nitrogens with zero attached hydrogens (tertiary/aromatic N) is 3. The Hall–Kier alpha value is -2.83. The molecule has 0 atom stereocenters. The molecule has 0 spiro atoms. The maximum Gasteiger partial charge on any atom is 0.319 e. The van der Waals surface area contributed by atoms with Crippen LogP contribution in [0.3, 0.4) is 0 Å². The molecular formula is C27H40N6O. The predicted molar refractivity (Wildman–Crippen MR) is 140 cm³/mol. The van der Waals surface area contributed by atoms with E-state index in [0.29, 0.717) is 18.5 Å². The summed E-state index contributed by atoms with van der Waals surface area (Å²) in [6.07, 6.45) is 9.80. The molecule has 1 aromatic carbocycles. The number of para-hydroxylation sites is 1. The van der Waals surface area contributed by atoms with Crippen LogP contribution in [0, 0.1) is 12.8 Å². The van der Waals surface area contributed by atoms with Gasteiger partial charge >= 0.3 is 6.03 Å². The quantitative estimate of drug-likeness (QED) is 0.532. The summed E-state index contributed by atoms with van der Waals surface area (Å²) in [5, 5.41) is 9.78. The molecule has 1 heterocycles. The lowest BCUT2D eigenvalue weighted by Gasteiger charge is -2.30. The van der Waals surface area contributed by atoms with E-state index in [-0.39, 0.29) is 6.03 Å². The first kappa shape index (κ1) is 24.3. The van der Waals surface area contributed by atoms with Gasteiger partial charge in [0.15, 0.2) is 0 Å². The first-order valence-electron chi connectivity index (χ1n) is 12.9. The molecule has 0 unspecified atom stereocenters. The van der Waals surface area contributed by atoms with E-state index in [1.807, 2.05) is 19.1 Å². The predicted octanol–water partition coefficient (Wildman–Crippen LogP) is 5.08. The number of hydrogen-bond acceptors (Lipinski definition) is 5. The molecular weight excluding hydrogens is 424 g/mol. The summed E-state index contributed by atoms with van der Waals surface area (Å²) >= 11 is 0. The van der Waals surface area contributed by atoms with E-state index in [2.05, 4.69) is 47.9 Å². The normalized spacial score (nSPS) is 19.8. The lowest BCUT2D eigenvalue weighted by Crippen LogP contribution is -2.36. The van der Waals surface area contributed by atoms with Gasteiger partial charge in [0.2, 0.25) is 5.95 Å². The smallest absolute Gasteiger partial charge is 0.319 e. The van der Waals surface area contributed by atoms with Gasteiger partial charge in [-0.25, -0.2) is 9.78 Å². The van der Waals surface area contributed by atoms with Crippen molar-refractivity contribution in [2.75, 3.05) is 36.2 Å². The number of urea groups is 1. The third-order valence-corrected chi connectivity index (χ3v) is 7.29. The van der Waals surface area contributed by atoms with Crippen molar-refractivity contribution >= 4 is 23.5 Å². The van der Waals surface area contributed by atoms with E-state index >= 15 is 0 Å². The van der Waals surface area contributed by atoms with Crippen molar-refractivity contribution in [2.24, 2.45) is 5.92 Å². The Bertz CT molecular complexity index is 997. The fourth-order valence-electron chi connectivity index (χ4n) is 5.30. The Morgan fingerprint density at radius 3 is 2.59 bits per heavy atom. The van der Waals surface area contributed by atoms with E-state index in [1.54, 1.807) is 0 Å². The minimum atomic E-state index is -0.108. The molecule has 0 aliphatic heterocycles. The Morgan fingerprint density at radius 2 is 1.85 bits per heavy atom. The molecule has 34 heavy (non-hydrogen) atoms. The molecule has 1 fully saturated rings. The number of fused-ring (bicyclic) bond motifs is 1.